The Balaban J connectivity index is 3.04. The molecule has 0 heterocycles. The van der Waals surface area contributed by atoms with Gasteiger partial charge >= 0.3 is 6.36 Å². The molecule has 0 aliphatic heterocycles. The molecule has 0 bridgehead atoms. The van der Waals surface area contributed by atoms with Gasteiger partial charge in [-0.25, -0.2) is 4.39 Å². The van der Waals surface area contributed by atoms with E-state index in [4.69, 9.17) is 5.53 Å². The van der Waals surface area contributed by atoms with Crippen LogP contribution in [0.1, 0.15) is 0 Å². The number of hydrogen-bond acceptors (Lipinski definition) is 2. The van der Waals surface area contributed by atoms with Gasteiger partial charge in [0.15, 0.2) is 0 Å². The molecular weight excluding hydrogens is 218 g/mol. The highest BCUT2D eigenvalue weighted by Crippen LogP contribution is 2.27. The minimum absolute atomic E-state index is 0.295. The Hall–Kier alpha value is -1.95. The lowest BCUT2D eigenvalue weighted by molar-refractivity contribution is -0.274. The largest absolute Gasteiger partial charge is 0.573 e. The van der Waals surface area contributed by atoms with Gasteiger partial charge in [-0.1, -0.05) is 5.11 Å². The van der Waals surface area contributed by atoms with Crippen molar-refractivity contribution in [2.45, 2.75) is 6.36 Å². The van der Waals surface area contributed by atoms with Crippen LogP contribution in [0.4, 0.5) is 23.2 Å². The molecule has 0 aliphatic rings. The number of halogens is 4. The predicted octanol–water partition coefficient (Wildman–Crippen LogP) is 3.67. The molecule has 0 saturated heterocycles. The lowest BCUT2D eigenvalue weighted by Crippen LogP contribution is -2.17. The second-order valence-electron chi connectivity index (χ2n) is 2.38. The summed E-state index contributed by atoms with van der Waals surface area (Å²) in [7, 11) is 0. The summed E-state index contributed by atoms with van der Waals surface area (Å²) < 4.78 is 51.4. The smallest absolute Gasteiger partial charge is 0.406 e. The number of ether oxygens (including phenoxy) is 1. The van der Waals surface area contributed by atoms with Gasteiger partial charge in [0.05, 0.1) is 0 Å². The van der Waals surface area contributed by atoms with Crippen LogP contribution in [-0.4, -0.2) is 6.36 Å². The highest BCUT2D eigenvalue weighted by Gasteiger charge is 2.31. The molecule has 15 heavy (non-hydrogen) atoms. The van der Waals surface area contributed by atoms with Gasteiger partial charge in [0.2, 0.25) is 0 Å². The van der Waals surface area contributed by atoms with Crippen LogP contribution in [0.2, 0.25) is 0 Å². The summed E-state index contributed by atoms with van der Waals surface area (Å²) in [5.41, 5.74) is 7.71. The van der Waals surface area contributed by atoms with E-state index in [1.807, 2.05) is 0 Å². The summed E-state index contributed by atoms with van der Waals surface area (Å²) in [4.78, 5) is 2.31. The minimum atomic E-state index is -4.92. The van der Waals surface area contributed by atoms with Crippen molar-refractivity contribution >= 4 is 5.69 Å². The molecule has 0 N–H and O–H groups in total. The zero-order valence-corrected chi connectivity index (χ0v) is 6.99. The van der Waals surface area contributed by atoms with Gasteiger partial charge in [-0.3, -0.25) is 0 Å². The maximum atomic E-state index is 12.7. The average Bonchev–Trinajstić information content (AvgIpc) is 1.99. The average molecular weight is 221 g/mol. The molecule has 80 valence electrons. The maximum Gasteiger partial charge on any atom is 0.573 e. The third kappa shape index (κ3) is 3.74. The second kappa shape index (κ2) is 4.05. The van der Waals surface area contributed by atoms with E-state index in [1.165, 1.54) is 0 Å². The molecular formula is C7H3F4N3O. The highest BCUT2D eigenvalue weighted by molar-refractivity contribution is 5.43. The van der Waals surface area contributed by atoms with Gasteiger partial charge in [-0.15, -0.1) is 13.2 Å². The quantitative estimate of drug-likeness (QED) is 0.325. The van der Waals surface area contributed by atoms with Crippen molar-refractivity contribution in [3.05, 3.63) is 34.5 Å². The standard InChI is InChI=1S/C7H3F4N3O/c8-4-1-5(13-14-12)3-6(2-4)15-7(9,10)11/h1-3H. The Labute approximate surface area is 80.7 Å². The summed E-state index contributed by atoms with van der Waals surface area (Å²) in [6.07, 6.45) is -4.92. The van der Waals surface area contributed by atoms with Crippen LogP contribution < -0.4 is 4.74 Å². The summed E-state index contributed by atoms with van der Waals surface area (Å²) in [5, 5.41) is 2.95. The molecule has 1 aromatic rings. The minimum Gasteiger partial charge on any atom is -0.406 e. The molecule has 8 heteroatoms. The molecule has 0 aromatic heterocycles. The molecule has 0 radical (unpaired) electrons. The molecule has 0 saturated carbocycles. The van der Waals surface area contributed by atoms with E-state index < -0.39 is 17.9 Å². The number of benzene rings is 1. The second-order valence-corrected chi connectivity index (χ2v) is 2.38. The van der Waals surface area contributed by atoms with Crippen LogP contribution in [0.3, 0.4) is 0 Å². The fourth-order valence-corrected chi connectivity index (χ4v) is 0.850. The summed E-state index contributed by atoms with van der Waals surface area (Å²) in [6, 6.07) is 2.09. The van der Waals surface area contributed by atoms with Crippen molar-refractivity contribution in [2.24, 2.45) is 5.11 Å². The van der Waals surface area contributed by atoms with Gasteiger partial charge in [-0.05, 0) is 17.7 Å². The Morgan fingerprint density at radius 2 is 1.93 bits per heavy atom. The molecule has 1 aromatic carbocycles. The van der Waals surface area contributed by atoms with E-state index in [9.17, 15) is 17.6 Å². The number of alkyl halides is 3. The lowest BCUT2D eigenvalue weighted by Gasteiger charge is -2.08. The van der Waals surface area contributed by atoms with Crippen LogP contribution >= 0.6 is 0 Å². The molecule has 1 rings (SSSR count). The third-order valence-corrected chi connectivity index (χ3v) is 1.25. The number of hydrogen-bond donors (Lipinski definition) is 0. The first-order valence-corrected chi connectivity index (χ1v) is 3.52. The Bertz CT molecular complexity index is 411. The molecule has 0 fully saturated rings. The van der Waals surface area contributed by atoms with E-state index in [0.29, 0.717) is 6.07 Å². The Morgan fingerprint density at radius 1 is 1.27 bits per heavy atom. The number of azide groups is 1. The SMILES string of the molecule is [N-]=[N+]=Nc1cc(F)cc(OC(F)(F)F)c1. The van der Waals surface area contributed by atoms with Crippen molar-refractivity contribution in [3.8, 4) is 5.75 Å². The molecule has 0 atom stereocenters. The van der Waals surface area contributed by atoms with E-state index >= 15 is 0 Å². The number of nitrogens with zero attached hydrogens (tertiary/aromatic N) is 3. The fraction of sp³-hybridized carbons (Fsp3) is 0.143. The van der Waals surface area contributed by atoms with E-state index in [0.717, 1.165) is 12.1 Å². The van der Waals surface area contributed by atoms with Crippen LogP contribution in [0.15, 0.2) is 23.3 Å². The normalized spacial score (nSPS) is 10.7. The predicted molar refractivity (Wildman–Crippen MR) is 41.9 cm³/mol. The van der Waals surface area contributed by atoms with Crippen LogP contribution in [0, 0.1) is 5.82 Å². The first-order chi connectivity index (χ1) is 6.90. The number of rotatable bonds is 2. The Kier molecular flexibility index (Phi) is 3.01. The zero-order chi connectivity index (χ0) is 11.5. The van der Waals surface area contributed by atoms with Crippen LogP contribution in [0.5, 0.6) is 5.75 Å². The molecule has 4 nitrogen and oxygen atoms in total. The Morgan fingerprint density at radius 3 is 2.47 bits per heavy atom. The first-order valence-electron chi connectivity index (χ1n) is 3.52. The van der Waals surface area contributed by atoms with Crippen molar-refractivity contribution in [1.82, 2.24) is 0 Å². The maximum absolute atomic E-state index is 12.7. The van der Waals surface area contributed by atoms with Crippen molar-refractivity contribution in [3.63, 3.8) is 0 Å². The van der Waals surface area contributed by atoms with Gasteiger partial charge in [0, 0.05) is 16.7 Å². The summed E-state index contributed by atoms with van der Waals surface area (Å²) in [5.74, 6) is -1.76. The molecule has 0 aliphatic carbocycles. The monoisotopic (exact) mass is 221 g/mol. The van der Waals surface area contributed by atoms with Crippen molar-refractivity contribution in [1.29, 1.82) is 0 Å². The molecule has 0 amide bonds. The first kappa shape index (κ1) is 11.1. The van der Waals surface area contributed by atoms with Gasteiger partial charge < -0.3 is 4.74 Å². The van der Waals surface area contributed by atoms with Crippen molar-refractivity contribution in [2.75, 3.05) is 0 Å². The topological polar surface area (TPSA) is 58.0 Å². The third-order valence-electron chi connectivity index (χ3n) is 1.25. The van der Waals surface area contributed by atoms with Gasteiger partial charge in [0.1, 0.15) is 11.6 Å². The van der Waals surface area contributed by atoms with E-state index in [2.05, 4.69) is 14.8 Å². The fourth-order valence-electron chi connectivity index (χ4n) is 0.850. The zero-order valence-electron chi connectivity index (χ0n) is 6.99. The summed E-state index contributed by atoms with van der Waals surface area (Å²) in [6.45, 7) is 0. The molecule has 0 unspecified atom stereocenters. The van der Waals surface area contributed by atoms with E-state index in [-0.39, 0.29) is 5.69 Å². The van der Waals surface area contributed by atoms with Gasteiger partial charge in [-0.2, -0.15) is 0 Å². The van der Waals surface area contributed by atoms with Crippen LogP contribution in [-0.2, 0) is 0 Å². The highest BCUT2D eigenvalue weighted by atomic mass is 19.4. The van der Waals surface area contributed by atoms with Crippen molar-refractivity contribution < 1.29 is 22.3 Å². The van der Waals surface area contributed by atoms with Gasteiger partial charge in [0.25, 0.3) is 0 Å². The van der Waals surface area contributed by atoms with Crippen LogP contribution in [0.25, 0.3) is 10.4 Å². The van der Waals surface area contributed by atoms with E-state index in [1.54, 1.807) is 0 Å². The summed E-state index contributed by atoms with van der Waals surface area (Å²) >= 11 is 0. The lowest BCUT2D eigenvalue weighted by atomic mass is 10.3. The molecule has 0 spiro atoms.